The minimum atomic E-state index is -3.73. The van der Waals surface area contributed by atoms with E-state index in [-0.39, 0.29) is 16.4 Å². The zero-order chi connectivity index (χ0) is 13.2. The number of anilines is 1. The van der Waals surface area contributed by atoms with Crippen molar-refractivity contribution >= 4 is 15.8 Å². The highest BCUT2D eigenvalue weighted by atomic mass is 32.2. The average molecular weight is 263 g/mol. The molecule has 18 heavy (non-hydrogen) atoms. The monoisotopic (exact) mass is 263 g/mol. The van der Waals surface area contributed by atoms with Gasteiger partial charge in [0, 0.05) is 18.0 Å². The molecule has 0 spiro atoms. The number of hydrogen-bond acceptors (Lipinski definition) is 5. The van der Waals surface area contributed by atoms with Crippen LogP contribution in [0.25, 0.3) is 0 Å². The Bertz CT molecular complexity index is 697. The van der Waals surface area contributed by atoms with Crippen molar-refractivity contribution in [3.8, 4) is 6.07 Å². The summed E-state index contributed by atoms with van der Waals surface area (Å²) in [4.78, 5) is 3.68. The van der Waals surface area contributed by atoms with Crippen molar-refractivity contribution in [2.24, 2.45) is 0 Å². The lowest BCUT2D eigenvalue weighted by Crippen LogP contribution is -2.13. The molecule has 2 N–H and O–H groups in total. The molecule has 0 atom stereocenters. The van der Waals surface area contributed by atoms with Crippen LogP contribution in [0.3, 0.4) is 0 Å². The fourth-order valence-electron chi connectivity index (χ4n) is 1.27. The maximum Gasteiger partial charge on any atom is 0.264 e. The fraction of sp³-hybridized carbons (Fsp3) is 0.100. The van der Waals surface area contributed by atoms with Crippen molar-refractivity contribution in [1.29, 1.82) is 5.26 Å². The van der Waals surface area contributed by atoms with Crippen molar-refractivity contribution in [3.63, 3.8) is 0 Å². The SMILES string of the molecule is Cc1cc(NS(=O)(=O)c2ccc(C#N)nc2)n[nH]1. The van der Waals surface area contributed by atoms with Gasteiger partial charge < -0.3 is 0 Å². The van der Waals surface area contributed by atoms with Crippen LogP contribution in [0.1, 0.15) is 11.4 Å². The third kappa shape index (κ3) is 2.46. The third-order valence-corrected chi connectivity index (χ3v) is 3.45. The van der Waals surface area contributed by atoms with Gasteiger partial charge in [0.15, 0.2) is 5.82 Å². The first-order valence-corrected chi connectivity index (χ1v) is 6.40. The first-order chi connectivity index (χ1) is 8.51. The van der Waals surface area contributed by atoms with E-state index in [0.29, 0.717) is 0 Å². The molecule has 0 aliphatic carbocycles. The molecule has 0 unspecified atom stereocenters. The van der Waals surface area contributed by atoms with Crippen LogP contribution in [-0.2, 0) is 10.0 Å². The molecule has 2 rings (SSSR count). The molecule has 2 aromatic heterocycles. The molecule has 0 radical (unpaired) electrons. The van der Waals surface area contributed by atoms with Crippen LogP contribution in [0.15, 0.2) is 29.3 Å². The van der Waals surface area contributed by atoms with E-state index in [1.165, 1.54) is 12.1 Å². The lowest BCUT2D eigenvalue weighted by molar-refractivity contribution is 0.600. The van der Waals surface area contributed by atoms with Crippen LogP contribution in [0.4, 0.5) is 5.82 Å². The molecule has 0 fully saturated rings. The molecule has 0 aliphatic rings. The third-order valence-electron chi connectivity index (χ3n) is 2.11. The summed E-state index contributed by atoms with van der Waals surface area (Å²) in [6.07, 6.45) is 1.13. The summed E-state index contributed by atoms with van der Waals surface area (Å²) in [5, 5.41) is 15.0. The highest BCUT2D eigenvalue weighted by Crippen LogP contribution is 2.13. The van der Waals surface area contributed by atoms with Crippen LogP contribution >= 0.6 is 0 Å². The quantitative estimate of drug-likeness (QED) is 0.850. The first kappa shape index (κ1) is 12.1. The minimum absolute atomic E-state index is 0.0258. The van der Waals surface area contributed by atoms with Crippen molar-refractivity contribution in [2.45, 2.75) is 11.8 Å². The number of nitrogens with zero attached hydrogens (tertiary/aromatic N) is 3. The van der Waals surface area contributed by atoms with Crippen molar-refractivity contribution < 1.29 is 8.42 Å². The number of rotatable bonds is 3. The van der Waals surface area contributed by atoms with E-state index in [1.54, 1.807) is 13.0 Å². The van der Waals surface area contributed by atoms with E-state index in [0.717, 1.165) is 11.9 Å². The van der Waals surface area contributed by atoms with Crippen LogP contribution in [0.2, 0.25) is 0 Å². The van der Waals surface area contributed by atoms with Crippen LogP contribution in [0, 0.1) is 18.3 Å². The Hall–Kier alpha value is -2.40. The van der Waals surface area contributed by atoms with Gasteiger partial charge >= 0.3 is 0 Å². The molecule has 0 amide bonds. The van der Waals surface area contributed by atoms with E-state index in [4.69, 9.17) is 5.26 Å². The lowest BCUT2D eigenvalue weighted by Gasteiger charge is -2.04. The Balaban J connectivity index is 2.28. The van der Waals surface area contributed by atoms with Crippen molar-refractivity contribution in [1.82, 2.24) is 15.2 Å². The Morgan fingerprint density at radius 1 is 1.44 bits per heavy atom. The van der Waals surface area contributed by atoms with Gasteiger partial charge in [-0.05, 0) is 19.1 Å². The summed E-state index contributed by atoms with van der Waals surface area (Å²) in [5.74, 6) is 0.205. The lowest BCUT2D eigenvalue weighted by atomic mass is 10.4. The predicted octanol–water partition coefficient (Wildman–Crippen LogP) is 0.786. The first-order valence-electron chi connectivity index (χ1n) is 4.92. The van der Waals surface area contributed by atoms with E-state index in [1.807, 2.05) is 6.07 Å². The van der Waals surface area contributed by atoms with Gasteiger partial charge in [0.05, 0.1) is 0 Å². The van der Waals surface area contributed by atoms with Gasteiger partial charge in [-0.3, -0.25) is 9.82 Å². The largest absolute Gasteiger partial charge is 0.281 e. The number of H-pyrrole nitrogens is 1. The zero-order valence-corrected chi connectivity index (χ0v) is 10.2. The van der Waals surface area contributed by atoms with Gasteiger partial charge in [-0.25, -0.2) is 13.4 Å². The summed E-state index contributed by atoms with van der Waals surface area (Å²) in [7, 11) is -3.73. The van der Waals surface area contributed by atoms with E-state index < -0.39 is 10.0 Å². The minimum Gasteiger partial charge on any atom is -0.281 e. The molecule has 0 saturated heterocycles. The van der Waals surface area contributed by atoms with E-state index >= 15 is 0 Å². The molecule has 8 heteroatoms. The molecule has 0 bridgehead atoms. The van der Waals surface area contributed by atoms with Gasteiger partial charge in [-0.15, -0.1) is 0 Å². The number of nitriles is 1. The van der Waals surface area contributed by atoms with Gasteiger partial charge in [-0.1, -0.05) is 0 Å². The van der Waals surface area contributed by atoms with Gasteiger partial charge in [0.25, 0.3) is 10.0 Å². The maximum absolute atomic E-state index is 11.9. The number of aromatic nitrogens is 3. The summed E-state index contributed by atoms with van der Waals surface area (Å²) < 4.78 is 26.1. The summed E-state index contributed by atoms with van der Waals surface area (Å²) in [5.41, 5.74) is 0.898. The average Bonchev–Trinajstić information content (AvgIpc) is 2.74. The molecular weight excluding hydrogens is 254 g/mol. The van der Waals surface area contributed by atoms with Gasteiger partial charge in [0.2, 0.25) is 0 Å². The molecular formula is C10H9N5O2S. The summed E-state index contributed by atoms with van der Waals surface area (Å²) in [6.45, 7) is 1.76. The standard InChI is InChI=1S/C10H9N5O2S/c1-7-4-10(14-13-7)15-18(16,17)9-3-2-8(5-11)12-6-9/h2-4,6H,1H3,(H2,13,14,15). The Morgan fingerprint density at radius 2 is 2.22 bits per heavy atom. The molecule has 0 saturated carbocycles. The molecule has 7 nitrogen and oxygen atoms in total. The number of pyridine rings is 1. The van der Waals surface area contributed by atoms with Crippen LogP contribution in [0.5, 0.6) is 0 Å². The number of nitrogens with one attached hydrogen (secondary N) is 2. The highest BCUT2D eigenvalue weighted by Gasteiger charge is 2.15. The molecule has 2 aromatic rings. The second-order valence-corrected chi connectivity index (χ2v) is 5.22. The fourth-order valence-corrected chi connectivity index (χ4v) is 2.21. The number of aryl methyl sites for hydroxylation is 1. The van der Waals surface area contributed by atoms with Crippen molar-refractivity contribution in [2.75, 3.05) is 4.72 Å². The van der Waals surface area contributed by atoms with E-state index in [9.17, 15) is 8.42 Å². The smallest absolute Gasteiger partial charge is 0.264 e. The van der Waals surface area contributed by atoms with Crippen molar-refractivity contribution in [3.05, 3.63) is 35.8 Å². The maximum atomic E-state index is 11.9. The normalized spacial score (nSPS) is 10.9. The van der Waals surface area contributed by atoms with E-state index in [2.05, 4.69) is 19.9 Å². The Kier molecular flexibility index (Phi) is 2.99. The van der Waals surface area contributed by atoms with Gasteiger partial charge in [0.1, 0.15) is 16.7 Å². The van der Waals surface area contributed by atoms with Crippen LogP contribution in [-0.4, -0.2) is 23.6 Å². The summed E-state index contributed by atoms with van der Waals surface area (Å²) in [6, 6.07) is 6.03. The molecule has 0 aliphatic heterocycles. The molecule has 92 valence electrons. The second kappa shape index (κ2) is 4.46. The summed E-state index contributed by atoms with van der Waals surface area (Å²) >= 11 is 0. The number of aromatic amines is 1. The number of hydrogen-bond donors (Lipinski definition) is 2. The molecule has 0 aromatic carbocycles. The topological polar surface area (TPSA) is 112 Å². The van der Waals surface area contributed by atoms with Gasteiger partial charge in [-0.2, -0.15) is 10.4 Å². The predicted molar refractivity (Wildman–Crippen MR) is 63.1 cm³/mol. The molecule has 2 heterocycles. The highest BCUT2D eigenvalue weighted by molar-refractivity contribution is 7.92. The number of sulfonamides is 1. The van der Waals surface area contributed by atoms with Crippen LogP contribution < -0.4 is 4.72 Å². The Labute approximate surface area is 104 Å². The zero-order valence-electron chi connectivity index (χ0n) is 9.38. The Morgan fingerprint density at radius 3 is 2.72 bits per heavy atom. The second-order valence-electron chi connectivity index (χ2n) is 3.53.